The second-order valence-electron chi connectivity index (χ2n) is 6.17. The molecular weight excluding hydrogens is 272 g/mol. The van der Waals surface area contributed by atoms with Crippen LogP contribution in [0.5, 0.6) is 0 Å². The van der Waals surface area contributed by atoms with Crippen LogP contribution in [0.15, 0.2) is 0 Å². The van der Waals surface area contributed by atoms with Crippen molar-refractivity contribution in [1.29, 1.82) is 0 Å². The van der Waals surface area contributed by atoms with Crippen LogP contribution in [0.3, 0.4) is 0 Å². The Morgan fingerprint density at radius 3 is 1.43 bits per heavy atom. The quantitative estimate of drug-likeness (QED) is 0.589. The van der Waals surface area contributed by atoms with Gasteiger partial charge in [0, 0.05) is 26.4 Å². The standard InChI is InChI=1S/C16H26O5/c1-3-15(5-9-19-10-6-15)13(17)21-14(18)16(4-2)7-11-20-12-8-16/h3-12H2,1-2H3. The minimum atomic E-state index is -0.548. The Balaban J connectivity index is 2.05. The molecule has 2 rings (SSSR count). The molecule has 0 aromatic rings. The lowest BCUT2D eigenvalue weighted by atomic mass is 9.76. The Hall–Kier alpha value is -0.940. The van der Waals surface area contributed by atoms with Gasteiger partial charge in [-0.2, -0.15) is 0 Å². The van der Waals surface area contributed by atoms with Crippen molar-refractivity contribution >= 4 is 11.9 Å². The van der Waals surface area contributed by atoms with Crippen LogP contribution >= 0.6 is 0 Å². The highest BCUT2D eigenvalue weighted by Gasteiger charge is 2.45. The minimum Gasteiger partial charge on any atom is -0.392 e. The van der Waals surface area contributed by atoms with Gasteiger partial charge in [-0.3, -0.25) is 9.59 Å². The summed E-state index contributed by atoms with van der Waals surface area (Å²) in [5.41, 5.74) is -1.10. The Labute approximate surface area is 126 Å². The molecule has 120 valence electrons. The molecule has 0 amide bonds. The predicted molar refractivity (Wildman–Crippen MR) is 76.7 cm³/mol. The topological polar surface area (TPSA) is 61.8 Å². The van der Waals surface area contributed by atoms with Crippen LogP contribution in [-0.4, -0.2) is 38.4 Å². The average molecular weight is 298 g/mol. The molecule has 5 heteroatoms. The maximum absolute atomic E-state index is 12.5. The zero-order valence-electron chi connectivity index (χ0n) is 13.1. The van der Waals surface area contributed by atoms with Gasteiger partial charge in [0.15, 0.2) is 0 Å². The molecule has 0 aliphatic carbocycles. The summed E-state index contributed by atoms with van der Waals surface area (Å²) in [6, 6.07) is 0. The monoisotopic (exact) mass is 298 g/mol. The van der Waals surface area contributed by atoms with Gasteiger partial charge in [-0.1, -0.05) is 13.8 Å². The Morgan fingerprint density at radius 2 is 1.14 bits per heavy atom. The van der Waals surface area contributed by atoms with Crippen LogP contribution in [-0.2, 0) is 23.8 Å². The molecule has 2 aliphatic rings. The van der Waals surface area contributed by atoms with E-state index in [-0.39, 0.29) is 11.9 Å². The van der Waals surface area contributed by atoms with Gasteiger partial charge in [-0.15, -0.1) is 0 Å². The lowest BCUT2D eigenvalue weighted by molar-refractivity contribution is -0.181. The number of carbonyl (C=O) groups excluding carboxylic acids is 2. The van der Waals surface area contributed by atoms with E-state index >= 15 is 0 Å². The van der Waals surface area contributed by atoms with Gasteiger partial charge in [0.05, 0.1) is 10.8 Å². The van der Waals surface area contributed by atoms with E-state index in [9.17, 15) is 9.59 Å². The first-order valence-electron chi connectivity index (χ1n) is 8.01. The molecule has 2 saturated heterocycles. The van der Waals surface area contributed by atoms with E-state index in [4.69, 9.17) is 14.2 Å². The van der Waals surface area contributed by atoms with Crippen molar-refractivity contribution in [2.75, 3.05) is 26.4 Å². The van der Waals surface area contributed by atoms with E-state index in [0.29, 0.717) is 65.0 Å². The van der Waals surface area contributed by atoms with Gasteiger partial charge in [-0.05, 0) is 38.5 Å². The van der Waals surface area contributed by atoms with Crippen molar-refractivity contribution in [2.45, 2.75) is 52.4 Å². The van der Waals surface area contributed by atoms with Gasteiger partial charge in [0.1, 0.15) is 0 Å². The van der Waals surface area contributed by atoms with Gasteiger partial charge < -0.3 is 14.2 Å². The SMILES string of the molecule is CCC1(C(=O)OC(=O)C2(CC)CCOCC2)CCOCC1. The van der Waals surface area contributed by atoms with Crippen LogP contribution in [0.25, 0.3) is 0 Å². The zero-order chi connectivity index (χ0) is 15.3. The summed E-state index contributed by atoms with van der Waals surface area (Å²) in [6.45, 7) is 6.18. The molecule has 0 unspecified atom stereocenters. The number of carbonyl (C=O) groups is 2. The normalized spacial score (nSPS) is 24.3. The lowest BCUT2D eigenvalue weighted by Gasteiger charge is -2.37. The van der Waals surface area contributed by atoms with Crippen LogP contribution in [0.1, 0.15) is 52.4 Å². The number of hydrogen-bond acceptors (Lipinski definition) is 5. The van der Waals surface area contributed by atoms with Gasteiger partial charge in [0.25, 0.3) is 0 Å². The first kappa shape index (κ1) is 16.4. The number of rotatable bonds is 4. The minimum absolute atomic E-state index is 0.363. The van der Waals surface area contributed by atoms with E-state index in [1.807, 2.05) is 13.8 Å². The molecule has 0 spiro atoms. The smallest absolute Gasteiger partial charge is 0.319 e. The van der Waals surface area contributed by atoms with Gasteiger partial charge in [-0.25, -0.2) is 0 Å². The number of esters is 2. The fraction of sp³-hybridized carbons (Fsp3) is 0.875. The molecule has 2 heterocycles. The summed E-state index contributed by atoms with van der Waals surface area (Å²) in [6.07, 6.45) is 3.92. The molecule has 0 aromatic heterocycles. The first-order chi connectivity index (χ1) is 10.1. The highest BCUT2D eigenvalue weighted by atomic mass is 16.6. The van der Waals surface area contributed by atoms with Crippen LogP contribution < -0.4 is 0 Å². The van der Waals surface area contributed by atoms with Crippen molar-refractivity contribution in [3.63, 3.8) is 0 Å². The summed E-state index contributed by atoms with van der Waals surface area (Å²) < 4.78 is 16.0. The second kappa shape index (κ2) is 6.88. The maximum atomic E-state index is 12.5. The summed E-state index contributed by atoms with van der Waals surface area (Å²) >= 11 is 0. The van der Waals surface area contributed by atoms with E-state index < -0.39 is 10.8 Å². The van der Waals surface area contributed by atoms with Gasteiger partial charge >= 0.3 is 11.9 Å². The molecule has 0 radical (unpaired) electrons. The maximum Gasteiger partial charge on any atom is 0.319 e. The molecule has 0 aromatic carbocycles. The highest BCUT2D eigenvalue weighted by Crippen LogP contribution is 2.39. The van der Waals surface area contributed by atoms with Crippen LogP contribution in [0.2, 0.25) is 0 Å². The molecule has 2 fully saturated rings. The van der Waals surface area contributed by atoms with Gasteiger partial charge in [0.2, 0.25) is 0 Å². The molecular formula is C16H26O5. The third kappa shape index (κ3) is 3.29. The zero-order valence-corrected chi connectivity index (χ0v) is 13.1. The highest BCUT2D eigenvalue weighted by molar-refractivity contribution is 5.91. The second-order valence-corrected chi connectivity index (χ2v) is 6.17. The number of hydrogen-bond donors (Lipinski definition) is 0. The Kier molecular flexibility index (Phi) is 5.38. The molecule has 5 nitrogen and oxygen atoms in total. The average Bonchev–Trinajstić information content (AvgIpc) is 2.55. The van der Waals surface area contributed by atoms with Crippen LogP contribution in [0, 0.1) is 10.8 Å². The third-order valence-electron chi connectivity index (χ3n) is 5.30. The Bertz CT molecular complexity index is 342. The molecule has 0 N–H and O–H groups in total. The molecule has 21 heavy (non-hydrogen) atoms. The fourth-order valence-electron chi connectivity index (χ4n) is 3.23. The van der Waals surface area contributed by atoms with E-state index in [1.54, 1.807) is 0 Å². The van der Waals surface area contributed by atoms with E-state index in [0.717, 1.165) is 0 Å². The van der Waals surface area contributed by atoms with Crippen molar-refractivity contribution in [3.8, 4) is 0 Å². The van der Waals surface area contributed by atoms with Crippen molar-refractivity contribution in [1.82, 2.24) is 0 Å². The Morgan fingerprint density at radius 1 is 0.810 bits per heavy atom. The summed E-state index contributed by atoms with van der Waals surface area (Å²) in [4.78, 5) is 25.1. The lowest BCUT2D eigenvalue weighted by Crippen LogP contribution is -2.44. The predicted octanol–water partition coefficient (Wildman–Crippen LogP) is 2.47. The number of ether oxygens (including phenoxy) is 3. The first-order valence-corrected chi connectivity index (χ1v) is 8.01. The fourth-order valence-corrected chi connectivity index (χ4v) is 3.23. The van der Waals surface area contributed by atoms with E-state index in [2.05, 4.69) is 0 Å². The molecule has 0 bridgehead atoms. The summed E-state index contributed by atoms with van der Waals surface area (Å²) in [7, 11) is 0. The summed E-state index contributed by atoms with van der Waals surface area (Å²) in [5, 5.41) is 0. The third-order valence-corrected chi connectivity index (χ3v) is 5.30. The molecule has 2 aliphatic heterocycles. The van der Waals surface area contributed by atoms with Crippen LogP contribution in [0.4, 0.5) is 0 Å². The largest absolute Gasteiger partial charge is 0.392 e. The van der Waals surface area contributed by atoms with E-state index in [1.165, 1.54) is 0 Å². The van der Waals surface area contributed by atoms with Crippen molar-refractivity contribution in [3.05, 3.63) is 0 Å². The van der Waals surface area contributed by atoms with Crippen molar-refractivity contribution in [2.24, 2.45) is 10.8 Å². The summed E-state index contributed by atoms with van der Waals surface area (Å²) in [5.74, 6) is -0.727. The molecule has 0 saturated carbocycles. The van der Waals surface area contributed by atoms with Crippen molar-refractivity contribution < 1.29 is 23.8 Å². The molecule has 0 atom stereocenters.